The van der Waals surface area contributed by atoms with Gasteiger partial charge in [-0.05, 0) is 68.3 Å². The monoisotopic (exact) mass is 695 g/mol. The highest BCUT2D eigenvalue weighted by Crippen LogP contribution is 2.56. The zero-order chi connectivity index (χ0) is 40.9. The number of hydrogen-bond donors (Lipinski definition) is 0. The van der Waals surface area contributed by atoms with Gasteiger partial charge in [-0.25, -0.2) is 15.0 Å². The molecule has 0 saturated heterocycles. The topological polar surface area (TPSA) is 51.8 Å². The fourth-order valence-electron chi connectivity index (χ4n) is 8.12. The number of rotatable bonds is 5. The summed E-state index contributed by atoms with van der Waals surface area (Å²) in [6.07, 6.45) is 0. The molecular formula is C50H31N3O. The van der Waals surface area contributed by atoms with E-state index in [9.17, 15) is 5.48 Å². The van der Waals surface area contributed by atoms with Crippen LogP contribution in [-0.2, 0) is 5.41 Å². The lowest BCUT2D eigenvalue weighted by atomic mass is 9.67. The van der Waals surface area contributed by atoms with E-state index in [1.165, 1.54) is 0 Å². The van der Waals surface area contributed by atoms with Gasteiger partial charge in [-0.15, -0.1) is 0 Å². The van der Waals surface area contributed by atoms with Crippen LogP contribution in [0.2, 0.25) is 0 Å². The molecule has 0 bridgehead atoms. The molecule has 0 amide bonds. The maximum absolute atomic E-state index is 10.3. The zero-order valence-corrected chi connectivity index (χ0v) is 28.7. The minimum Gasteiger partial charge on any atom is -0.456 e. The Bertz CT molecular complexity index is 3360. The summed E-state index contributed by atoms with van der Waals surface area (Å²) in [5, 5.41) is 2.33. The molecule has 54 heavy (non-hydrogen) atoms. The van der Waals surface area contributed by atoms with Crippen molar-refractivity contribution < 1.29 is 12.6 Å². The van der Waals surface area contributed by atoms with Crippen LogP contribution in [0.4, 0.5) is 0 Å². The van der Waals surface area contributed by atoms with E-state index < -0.39 is 11.5 Å². The van der Waals surface area contributed by atoms with Crippen LogP contribution in [0.3, 0.4) is 0 Å². The third-order valence-electron chi connectivity index (χ3n) is 10.5. The second-order valence-electron chi connectivity index (χ2n) is 13.5. The largest absolute Gasteiger partial charge is 0.456 e. The SMILES string of the molecule is [2H]c1c(C2(c3ccccc3)c3ccccc3-c3ccccc32)c([2H])c2c(oc3c([2H])c([2H])c([2H])c(-c4nc(-c5ccccc5)nc(-c5ccc6ccccc6c5)n4)c32)c1[2H]. The third kappa shape index (κ3) is 4.53. The first-order valence-electron chi connectivity index (χ1n) is 20.8. The highest BCUT2D eigenvalue weighted by Gasteiger charge is 2.46. The molecule has 10 aromatic rings. The third-order valence-corrected chi connectivity index (χ3v) is 10.5. The Balaban J connectivity index is 1.28. The van der Waals surface area contributed by atoms with Gasteiger partial charge in [-0.2, -0.15) is 0 Å². The van der Waals surface area contributed by atoms with Crippen molar-refractivity contribution in [2.45, 2.75) is 5.41 Å². The van der Waals surface area contributed by atoms with Crippen LogP contribution in [0.1, 0.15) is 30.5 Å². The second-order valence-corrected chi connectivity index (χ2v) is 13.5. The first kappa shape index (κ1) is 24.9. The first-order chi connectivity index (χ1) is 29.3. The Morgan fingerprint density at radius 3 is 1.85 bits per heavy atom. The summed E-state index contributed by atoms with van der Waals surface area (Å²) in [7, 11) is 0. The van der Waals surface area contributed by atoms with Crippen molar-refractivity contribution in [3.63, 3.8) is 0 Å². The van der Waals surface area contributed by atoms with Crippen molar-refractivity contribution in [3.8, 4) is 45.3 Å². The van der Waals surface area contributed by atoms with Gasteiger partial charge in [0.15, 0.2) is 17.5 Å². The van der Waals surface area contributed by atoms with Crippen molar-refractivity contribution in [1.29, 1.82) is 0 Å². The Labute approximate surface area is 320 Å². The standard InChI is InChI=1S/C50H31N3O/c1-3-15-33(16-4-1)47-51-48(35-27-26-32-14-7-8-17-34(32)30-35)53-49(52-47)40-22-13-25-45-46(40)41-31-37(28-29-44(41)54-45)50(36-18-5-2-6-19-36)42-23-11-9-20-38(42)39-21-10-12-24-43(39)50/h1-31H/i13D,22D,25D,28D,29D,31D. The second kappa shape index (κ2) is 11.9. The van der Waals surface area contributed by atoms with Crippen LogP contribution in [0, 0.1) is 0 Å². The highest BCUT2D eigenvalue weighted by atomic mass is 16.3. The van der Waals surface area contributed by atoms with Gasteiger partial charge >= 0.3 is 0 Å². The van der Waals surface area contributed by atoms with E-state index in [4.69, 9.17) is 22.1 Å². The molecule has 2 heterocycles. The summed E-state index contributed by atoms with van der Waals surface area (Å²) in [5.74, 6) is 0.708. The number of nitrogens with zero attached hydrogens (tertiary/aromatic N) is 3. The van der Waals surface area contributed by atoms with Gasteiger partial charge in [0.05, 0.1) is 13.6 Å². The van der Waals surface area contributed by atoms with Crippen LogP contribution in [-0.4, -0.2) is 15.0 Å². The summed E-state index contributed by atoms with van der Waals surface area (Å²) in [4.78, 5) is 14.9. The molecule has 1 aliphatic rings. The molecule has 0 aliphatic heterocycles. The van der Waals surface area contributed by atoms with Crippen molar-refractivity contribution in [2.75, 3.05) is 0 Å². The Hall–Kier alpha value is -7.17. The molecule has 0 radical (unpaired) electrons. The van der Waals surface area contributed by atoms with Gasteiger partial charge < -0.3 is 4.42 Å². The molecular weight excluding hydrogens is 659 g/mol. The Morgan fingerprint density at radius 1 is 0.463 bits per heavy atom. The van der Waals surface area contributed by atoms with E-state index in [0.29, 0.717) is 22.8 Å². The quantitative estimate of drug-likeness (QED) is 0.180. The van der Waals surface area contributed by atoms with Gasteiger partial charge in [0.2, 0.25) is 0 Å². The van der Waals surface area contributed by atoms with Gasteiger partial charge in [-0.3, -0.25) is 0 Å². The first-order valence-corrected chi connectivity index (χ1v) is 17.8. The van der Waals surface area contributed by atoms with Crippen LogP contribution < -0.4 is 0 Å². The van der Waals surface area contributed by atoms with E-state index in [1.54, 1.807) is 0 Å². The normalized spacial score (nSPS) is 14.5. The Morgan fingerprint density at radius 2 is 1.09 bits per heavy atom. The highest BCUT2D eigenvalue weighted by molar-refractivity contribution is 6.12. The van der Waals surface area contributed by atoms with E-state index in [0.717, 1.165) is 38.6 Å². The smallest absolute Gasteiger partial charge is 0.164 e. The maximum atomic E-state index is 10.3. The Kier molecular flexibility index (Phi) is 5.51. The lowest BCUT2D eigenvalue weighted by molar-refractivity contribution is 0.668. The molecule has 8 aromatic carbocycles. The summed E-state index contributed by atoms with van der Waals surface area (Å²) in [6, 6.07) is 47.4. The summed E-state index contributed by atoms with van der Waals surface area (Å²) in [5.41, 5.74) is 4.84. The predicted octanol–water partition coefficient (Wildman–Crippen LogP) is 12.3. The minimum atomic E-state index is -1.20. The average molecular weight is 696 g/mol. The van der Waals surface area contributed by atoms with Gasteiger partial charge in [-0.1, -0.05) is 164 Å². The molecule has 11 rings (SSSR count). The van der Waals surface area contributed by atoms with Crippen LogP contribution in [0.25, 0.3) is 78.0 Å². The number of hydrogen-bond acceptors (Lipinski definition) is 4. The zero-order valence-electron chi connectivity index (χ0n) is 34.7. The molecule has 4 heteroatoms. The molecule has 0 fully saturated rings. The minimum absolute atomic E-state index is 0.0509. The van der Waals surface area contributed by atoms with Gasteiger partial charge in [0, 0.05) is 27.5 Å². The number of aromatic nitrogens is 3. The fraction of sp³-hybridized carbons (Fsp3) is 0.0200. The van der Waals surface area contributed by atoms with Crippen molar-refractivity contribution >= 4 is 32.7 Å². The van der Waals surface area contributed by atoms with Gasteiger partial charge in [0.1, 0.15) is 11.2 Å². The molecule has 0 unspecified atom stereocenters. The maximum Gasteiger partial charge on any atom is 0.164 e. The van der Waals surface area contributed by atoms with Crippen molar-refractivity contribution in [1.82, 2.24) is 15.0 Å². The van der Waals surface area contributed by atoms with Crippen LogP contribution in [0.15, 0.2) is 192 Å². The van der Waals surface area contributed by atoms with E-state index in [1.807, 2.05) is 152 Å². The van der Waals surface area contributed by atoms with Crippen LogP contribution in [0.5, 0.6) is 0 Å². The van der Waals surface area contributed by atoms with Gasteiger partial charge in [0.25, 0.3) is 0 Å². The molecule has 4 nitrogen and oxygen atoms in total. The van der Waals surface area contributed by atoms with Crippen LogP contribution >= 0.6 is 0 Å². The van der Waals surface area contributed by atoms with E-state index >= 15 is 0 Å². The summed E-state index contributed by atoms with van der Waals surface area (Å²) < 4.78 is 63.6. The van der Waals surface area contributed by atoms with Crippen molar-refractivity contribution in [2.24, 2.45) is 0 Å². The molecule has 0 N–H and O–H groups in total. The van der Waals surface area contributed by atoms with E-state index in [2.05, 4.69) is 0 Å². The number of benzene rings is 8. The lowest BCUT2D eigenvalue weighted by Crippen LogP contribution is -2.28. The van der Waals surface area contributed by atoms with Crippen molar-refractivity contribution in [3.05, 3.63) is 210 Å². The fourth-order valence-corrected chi connectivity index (χ4v) is 8.12. The molecule has 2 aromatic heterocycles. The molecule has 0 saturated carbocycles. The molecule has 0 atom stereocenters. The molecule has 1 aliphatic carbocycles. The molecule has 0 spiro atoms. The van der Waals surface area contributed by atoms with E-state index in [-0.39, 0.29) is 69.1 Å². The number of furan rings is 1. The summed E-state index contributed by atoms with van der Waals surface area (Å²) >= 11 is 0. The number of fused-ring (bicyclic) bond motifs is 7. The predicted molar refractivity (Wildman–Crippen MR) is 218 cm³/mol. The molecule has 252 valence electrons. The summed E-state index contributed by atoms with van der Waals surface area (Å²) in [6.45, 7) is 0. The lowest BCUT2D eigenvalue weighted by Gasteiger charge is -2.33. The average Bonchev–Trinajstić information content (AvgIpc) is 3.84.